The lowest BCUT2D eigenvalue weighted by atomic mass is 9.99. The van der Waals surface area contributed by atoms with Gasteiger partial charge in [-0.3, -0.25) is 14.6 Å². The lowest BCUT2D eigenvalue weighted by molar-refractivity contribution is -0.00710. The molecule has 8 nitrogen and oxygen atoms in total. The molecule has 23 heavy (non-hydrogen) atoms. The van der Waals surface area contributed by atoms with Gasteiger partial charge >= 0.3 is 0 Å². The third kappa shape index (κ3) is 2.98. The van der Waals surface area contributed by atoms with Crippen molar-refractivity contribution < 1.29 is 9.53 Å². The number of aryl methyl sites for hydroxylation is 2. The normalized spacial score (nSPS) is 20.3. The van der Waals surface area contributed by atoms with Crippen molar-refractivity contribution in [3.63, 3.8) is 0 Å². The minimum absolute atomic E-state index is 0.0784. The largest absolute Gasteiger partial charge is 0.369 e. The first-order valence-electron chi connectivity index (χ1n) is 7.89. The molecule has 1 aliphatic heterocycles. The zero-order valence-electron chi connectivity index (χ0n) is 13.9. The summed E-state index contributed by atoms with van der Waals surface area (Å²) in [6, 6.07) is 0. The molecular formula is C15H22N6O2. The third-order valence-corrected chi connectivity index (χ3v) is 4.02. The summed E-state index contributed by atoms with van der Waals surface area (Å²) in [7, 11) is 1.79. The number of amides is 1. The molecule has 0 saturated heterocycles. The molecule has 124 valence electrons. The number of ether oxygens (including phenoxy) is 1. The second kappa shape index (κ2) is 6.11. The second-order valence-electron chi connectivity index (χ2n) is 5.86. The summed E-state index contributed by atoms with van der Waals surface area (Å²) in [4.78, 5) is 16.9. The molecule has 2 aromatic heterocycles. The van der Waals surface area contributed by atoms with Crippen LogP contribution in [0.5, 0.6) is 0 Å². The summed E-state index contributed by atoms with van der Waals surface area (Å²) in [5.74, 6) is 1.24. The Hall–Kier alpha value is -2.22. The Labute approximate surface area is 134 Å². The van der Waals surface area contributed by atoms with Gasteiger partial charge in [0.1, 0.15) is 11.5 Å². The maximum atomic E-state index is 12.6. The van der Waals surface area contributed by atoms with Crippen molar-refractivity contribution in [2.75, 3.05) is 0 Å². The van der Waals surface area contributed by atoms with Crippen LogP contribution >= 0.6 is 0 Å². The summed E-state index contributed by atoms with van der Waals surface area (Å²) in [6.45, 7) is 6.27. The van der Waals surface area contributed by atoms with Crippen LogP contribution in [0, 0.1) is 0 Å². The van der Waals surface area contributed by atoms with Crippen LogP contribution < -0.4 is 5.32 Å². The van der Waals surface area contributed by atoms with Crippen LogP contribution in [0.2, 0.25) is 0 Å². The number of carbonyl (C=O) groups excluding carboxylic acids is 1. The van der Waals surface area contributed by atoms with E-state index < -0.39 is 0 Å². The first-order valence-corrected chi connectivity index (χ1v) is 7.89. The molecule has 8 heteroatoms. The molecule has 1 aliphatic rings. The highest BCUT2D eigenvalue weighted by molar-refractivity contribution is 5.94. The fourth-order valence-corrected chi connectivity index (χ4v) is 2.97. The van der Waals surface area contributed by atoms with E-state index in [1.165, 1.54) is 0 Å². The number of hydrogen-bond donors (Lipinski definition) is 2. The van der Waals surface area contributed by atoms with E-state index in [0.29, 0.717) is 24.5 Å². The topological polar surface area (TPSA) is 97.7 Å². The standard InChI is InChI=1S/C15H22N6O2/c1-5-11-17-12(19-18-11)7-16-15(22)14-10-6-8(2)23-9(3)13(10)20-21(14)4/h8-9H,5-7H2,1-4H3,(H,16,22)(H,17,18,19)/t8-,9+/m1/s1. The Morgan fingerprint density at radius 3 is 2.96 bits per heavy atom. The van der Waals surface area contributed by atoms with Gasteiger partial charge in [-0.1, -0.05) is 6.92 Å². The van der Waals surface area contributed by atoms with E-state index in [-0.39, 0.29) is 18.1 Å². The highest BCUT2D eigenvalue weighted by Crippen LogP contribution is 2.31. The van der Waals surface area contributed by atoms with Gasteiger partial charge < -0.3 is 10.1 Å². The number of carbonyl (C=O) groups is 1. The maximum Gasteiger partial charge on any atom is 0.270 e. The first-order chi connectivity index (χ1) is 11.0. The van der Waals surface area contributed by atoms with E-state index >= 15 is 0 Å². The van der Waals surface area contributed by atoms with Crippen molar-refractivity contribution in [1.82, 2.24) is 30.3 Å². The Kier molecular flexibility index (Phi) is 4.16. The lowest BCUT2D eigenvalue weighted by Gasteiger charge is -2.24. The summed E-state index contributed by atoms with van der Waals surface area (Å²) in [6.07, 6.45) is 1.44. The number of fused-ring (bicyclic) bond motifs is 1. The number of rotatable bonds is 4. The average molecular weight is 318 g/mol. The van der Waals surface area contributed by atoms with E-state index in [2.05, 4.69) is 25.6 Å². The Morgan fingerprint density at radius 2 is 2.26 bits per heavy atom. The molecule has 0 unspecified atom stereocenters. The van der Waals surface area contributed by atoms with Gasteiger partial charge in [-0.05, 0) is 13.8 Å². The highest BCUT2D eigenvalue weighted by Gasteiger charge is 2.31. The molecule has 0 fully saturated rings. The number of nitrogens with zero attached hydrogens (tertiary/aromatic N) is 4. The van der Waals surface area contributed by atoms with Crippen LogP contribution in [-0.2, 0) is 31.2 Å². The number of aromatic nitrogens is 5. The molecule has 1 amide bonds. The monoisotopic (exact) mass is 318 g/mol. The van der Waals surface area contributed by atoms with E-state index in [0.717, 1.165) is 23.5 Å². The average Bonchev–Trinajstić information content (AvgIpc) is 3.09. The van der Waals surface area contributed by atoms with Crippen LogP contribution in [0.3, 0.4) is 0 Å². The van der Waals surface area contributed by atoms with E-state index in [4.69, 9.17) is 4.74 Å². The molecule has 0 saturated carbocycles. The van der Waals surface area contributed by atoms with E-state index in [1.807, 2.05) is 20.8 Å². The third-order valence-electron chi connectivity index (χ3n) is 4.02. The van der Waals surface area contributed by atoms with Crippen molar-refractivity contribution in [1.29, 1.82) is 0 Å². The fourth-order valence-electron chi connectivity index (χ4n) is 2.97. The molecule has 0 aromatic carbocycles. The summed E-state index contributed by atoms with van der Waals surface area (Å²) in [5, 5.41) is 14.2. The van der Waals surface area contributed by atoms with Crippen molar-refractivity contribution in [2.45, 2.75) is 52.4 Å². The molecule has 3 rings (SSSR count). The molecule has 2 N–H and O–H groups in total. The molecule has 0 aliphatic carbocycles. The Bertz CT molecular complexity index is 720. The molecule has 0 spiro atoms. The molecule has 2 atom stereocenters. The van der Waals surface area contributed by atoms with Crippen LogP contribution in [0.25, 0.3) is 0 Å². The molecule has 0 bridgehead atoms. The van der Waals surface area contributed by atoms with Crippen molar-refractivity contribution in [3.8, 4) is 0 Å². The van der Waals surface area contributed by atoms with Crippen molar-refractivity contribution >= 4 is 5.91 Å². The molecule has 2 aromatic rings. The summed E-state index contributed by atoms with van der Waals surface area (Å²) in [5.41, 5.74) is 2.42. The van der Waals surface area contributed by atoms with Gasteiger partial charge in [-0.25, -0.2) is 4.98 Å². The Balaban J connectivity index is 1.77. The molecule has 3 heterocycles. The quantitative estimate of drug-likeness (QED) is 0.878. The lowest BCUT2D eigenvalue weighted by Crippen LogP contribution is -2.28. The van der Waals surface area contributed by atoms with Crippen LogP contribution in [0.4, 0.5) is 0 Å². The van der Waals surface area contributed by atoms with Gasteiger partial charge in [0.05, 0.1) is 24.4 Å². The minimum Gasteiger partial charge on any atom is -0.369 e. The zero-order chi connectivity index (χ0) is 16.6. The van der Waals surface area contributed by atoms with Crippen LogP contribution in [-0.4, -0.2) is 37.0 Å². The fraction of sp³-hybridized carbons (Fsp3) is 0.600. The Morgan fingerprint density at radius 1 is 1.48 bits per heavy atom. The summed E-state index contributed by atoms with van der Waals surface area (Å²) >= 11 is 0. The highest BCUT2D eigenvalue weighted by atomic mass is 16.5. The number of H-pyrrole nitrogens is 1. The van der Waals surface area contributed by atoms with E-state index in [1.54, 1.807) is 11.7 Å². The van der Waals surface area contributed by atoms with E-state index in [9.17, 15) is 4.79 Å². The first kappa shape index (κ1) is 15.7. The number of aromatic amines is 1. The van der Waals surface area contributed by atoms with Gasteiger partial charge in [0.2, 0.25) is 0 Å². The molecular weight excluding hydrogens is 296 g/mol. The van der Waals surface area contributed by atoms with Crippen LogP contribution in [0.15, 0.2) is 0 Å². The second-order valence-corrected chi connectivity index (χ2v) is 5.86. The molecule has 0 radical (unpaired) electrons. The predicted octanol–water partition coefficient (Wildman–Crippen LogP) is 1.05. The zero-order valence-corrected chi connectivity index (χ0v) is 13.9. The predicted molar refractivity (Wildman–Crippen MR) is 82.8 cm³/mol. The van der Waals surface area contributed by atoms with Crippen molar-refractivity contribution in [3.05, 3.63) is 28.6 Å². The SMILES string of the molecule is CCc1n[nH]c(CNC(=O)c2c3c(nn2C)[C@H](C)O[C@H](C)C3)n1. The van der Waals surface area contributed by atoms with Gasteiger partial charge in [0.25, 0.3) is 5.91 Å². The van der Waals surface area contributed by atoms with Crippen LogP contribution in [0.1, 0.15) is 60.3 Å². The van der Waals surface area contributed by atoms with Gasteiger partial charge in [-0.15, -0.1) is 0 Å². The van der Waals surface area contributed by atoms with Gasteiger partial charge in [0, 0.05) is 25.5 Å². The maximum absolute atomic E-state index is 12.6. The van der Waals surface area contributed by atoms with Gasteiger partial charge in [0.15, 0.2) is 5.82 Å². The summed E-state index contributed by atoms with van der Waals surface area (Å²) < 4.78 is 7.41. The minimum atomic E-state index is -0.156. The number of hydrogen-bond acceptors (Lipinski definition) is 5. The smallest absolute Gasteiger partial charge is 0.270 e. The van der Waals surface area contributed by atoms with Gasteiger partial charge in [-0.2, -0.15) is 10.2 Å². The number of nitrogens with one attached hydrogen (secondary N) is 2. The van der Waals surface area contributed by atoms with Crippen molar-refractivity contribution in [2.24, 2.45) is 7.05 Å².